The molecule has 1 saturated heterocycles. The van der Waals surface area contributed by atoms with Crippen LogP contribution in [0.1, 0.15) is 25.3 Å². The molecule has 0 bridgehead atoms. The molecule has 1 fully saturated rings. The predicted molar refractivity (Wildman–Crippen MR) is 83.4 cm³/mol. The number of carbonyl (C=O) groups excluding carboxylic acids is 1. The second-order valence-corrected chi connectivity index (χ2v) is 5.74. The molecule has 2 N–H and O–H groups in total. The van der Waals surface area contributed by atoms with Gasteiger partial charge < -0.3 is 10.6 Å². The summed E-state index contributed by atoms with van der Waals surface area (Å²) in [5.74, 6) is 0.336. The van der Waals surface area contributed by atoms with E-state index >= 15 is 0 Å². The summed E-state index contributed by atoms with van der Waals surface area (Å²) in [6.45, 7) is 3.67. The molecule has 1 amide bonds. The molecular formula is C14H20BrClN2O. The first kappa shape index (κ1) is 16.5. The molecule has 1 aliphatic rings. The fourth-order valence-corrected chi connectivity index (χ4v) is 2.76. The van der Waals surface area contributed by atoms with Crippen LogP contribution in [0.4, 0.5) is 0 Å². The van der Waals surface area contributed by atoms with E-state index in [2.05, 4.69) is 33.5 Å². The van der Waals surface area contributed by atoms with Crippen LogP contribution in [-0.4, -0.2) is 18.5 Å². The van der Waals surface area contributed by atoms with Crippen LogP contribution < -0.4 is 10.6 Å². The van der Waals surface area contributed by atoms with Gasteiger partial charge in [-0.2, -0.15) is 0 Å². The van der Waals surface area contributed by atoms with E-state index < -0.39 is 0 Å². The third-order valence-electron chi connectivity index (χ3n) is 3.41. The Morgan fingerprint density at radius 3 is 2.89 bits per heavy atom. The Balaban J connectivity index is 0.00000180. The molecule has 0 saturated carbocycles. The minimum absolute atomic E-state index is 0. The Labute approximate surface area is 129 Å². The number of hydrogen-bond donors (Lipinski definition) is 2. The van der Waals surface area contributed by atoms with E-state index in [9.17, 15) is 4.79 Å². The maximum Gasteiger partial charge on any atom is 0.223 e. The number of piperidine rings is 1. The molecule has 19 heavy (non-hydrogen) atoms. The van der Waals surface area contributed by atoms with E-state index in [1.165, 1.54) is 0 Å². The number of amides is 1. The van der Waals surface area contributed by atoms with Crippen molar-refractivity contribution in [3.8, 4) is 0 Å². The monoisotopic (exact) mass is 346 g/mol. The summed E-state index contributed by atoms with van der Waals surface area (Å²) in [5.41, 5.74) is 1.12. The summed E-state index contributed by atoms with van der Waals surface area (Å²) in [5, 5.41) is 6.40. The van der Waals surface area contributed by atoms with Gasteiger partial charge in [0.2, 0.25) is 5.91 Å². The lowest BCUT2D eigenvalue weighted by molar-refractivity contribution is -0.126. The topological polar surface area (TPSA) is 41.1 Å². The average Bonchev–Trinajstić information content (AvgIpc) is 2.37. The number of carbonyl (C=O) groups is 1. The molecule has 1 heterocycles. The first-order valence-corrected chi connectivity index (χ1v) is 7.20. The van der Waals surface area contributed by atoms with Gasteiger partial charge in [0.05, 0.1) is 0 Å². The van der Waals surface area contributed by atoms with E-state index in [-0.39, 0.29) is 24.2 Å². The van der Waals surface area contributed by atoms with Gasteiger partial charge in [-0.1, -0.05) is 34.1 Å². The van der Waals surface area contributed by atoms with Crippen LogP contribution in [0.2, 0.25) is 0 Å². The molecule has 0 aromatic heterocycles. The van der Waals surface area contributed by atoms with Gasteiger partial charge in [0.25, 0.3) is 0 Å². The molecule has 0 aliphatic carbocycles. The van der Waals surface area contributed by atoms with Crippen molar-refractivity contribution in [2.45, 2.75) is 32.4 Å². The molecule has 1 aromatic rings. The highest BCUT2D eigenvalue weighted by atomic mass is 79.9. The summed E-state index contributed by atoms with van der Waals surface area (Å²) < 4.78 is 1.05. The van der Waals surface area contributed by atoms with Gasteiger partial charge in [-0.25, -0.2) is 0 Å². The first-order valence-electron chi connectivity index (χ1n) is 6.41. The molecule has 5 heteroatoms. The van der Waals surface area contributed by atoms with Gasteiger partial charge in [-0.05, 0) is 37.9 Å². The smallest absolute Gasteiger partial charge is 0.223 e. The van der Waals surface area contributed by atoms with Crippen LogP contribution in [0.5, 0.6) is 0 Å². The minimum Gasteiger partial charge on any atom is -0.352 e. The van der Waals surface area contributed by atoms with Crippen LogP contribution in [0, 0.1) is 5.92 Å². The summed E-state index contributed by atoms with van der Waals surface area (Å²) >= 11 is 3.49. The zero-order chi connectivity index (χ0) is 13.0. The quantitative estimate of drug-likeness (QED) is 0.883. The number of benzene rings is 1. The van der Waals surface area contributed by atoms with Crippen LogP contribution in [0.15, 0.2) is 28.7 Å². The third-order valence-corrected chi connectivity index (χ3v) is 4.18. The van der Waals surface area contributed by atoms with Gasteiger partial charge in [-0.15, -0.1) is 12.4 Å². The van der Waals surface area contributed by atoms with E-state index in [0.717, 1.165) is 29.4 Å². The highest BCUT2D eigenvalue weighted by Crippen LogP contribution is 2.18. The molecule has 2 rings (SSSR count). The zero-order valence-corrected chi connectivity index (χ0v) is 13.4. The summed E-state index contributed by atoms with van der Waals surface area (Å²) in [4.78, 5) is 12.1. The number of halogens is 2. The Kier molecular flexibility index (Phi) is 6.83. The van der Waals surface area contributed by atoms with Crippen molar-refractivity contribution >= 4 is 34.2 Å². The standard InChI is InChI=1S/C14H19BrN2O.ClH/c1-10-8-11(6-7-16-10)14(18)17-9-12-4-2-3-5-13(12)15;/h2-5,10-11,16H,6-9H2,1H3,(H,17,18);1H/t10-,11-;/m0./s1. The first-order chi connectivity index (χ1) is 8.66. The Morgan fingerprint density at radius 2 is 2.21 bits per heavy atom. The number of hydrogen-bond acceptors (Lipinski definition) is 2. The fraction of sp³-hybridized carbons (Fsp3) is 0.500. The summed E-state index contributed by atoms with van der Waals surface area (Å²) in [7, 11) is 0. The van der Waals surface area contributed by atoms with Crippen LogP contribution in [0.3, 0.4) is 0 Å². The van der Waals surface area contributed by atoms with Gasteiger partial charge >= 0.3 is 0 Å². The molecular weight excluding hydrogens is 328 g/mol. The maximum absolute atomic E-state index is 12.1. The summed E-state index contributed by atoms with van der Waals surface area (Å²) in [6, 6.07) is 8.42. The van der Waals surface area contributed by atoms with Crippen LogP contribution in [0.25, 0.3) is 0 Å². The molecule has 106 valence electrons. The van der Waals surface area contributed by atoms with Crippen molar-refractivity contribution in [3.05, 3.63) is 34.3 Å². The number of nitrogens with one attached hydrogen (secondary N) is 2. The van der Waals surface area contributed by atoms with Crippen molar-refractivity contribution in [1.82, 2.24) is 10.6 Å². The van der Waals surface area contributed by atoms with Crippen LogP contribution in [-0.2, 0) is 11.3 Å². The van der Waals surface area contributed by atoms with Crippen molar-refractivity contribution in [1.29, 1.82) is 0 Å². The molecule has 2 atom stereocenters. The van der Waals surface area contributed by atoms with E-state index in [4.69, 9.17) is 0 Å². The van der Waals surface area contributed by atoms with Gasteiger partial charge in [0, 0.05) is 23.0 Å². The third kappa shape index (κ3) is 4.79. The Bertz CT molecular complexity index is 428. The van der Waals surface area contributed by atoms with Crippen molar-refractivity contribution in [2.75, 3.05) is 6.54 Å². The second-order valence-electron chi connectivity index (χ2n) is 4.89. The minimum atomic E-state index is 0. The number of rotatable bonds is 3. The molecule has 1 aromatic carbocycles. The van der Waals surface area contributed by atoms with Crippen LogP contribution >= 0.6 is 28.3 Å². The molecule has 0 unspecified atom stereocenters. The zero-order valence-electron chi connectivity index (χ0n) is 11.0. The normalized spacial score (nSPS) is 22.4. The van der Waals surface area contributed by atoms with Crippen molar-refractivity contribution in [3.63, 3.8) is 0 Å². The van der Waals surface area contributed by atoms with Gasteiger partial charge in [0.15, 0.2) is 0 Å². The van der Waals surface area contributed by atoms with E-state index in [0.29, 0.717) is 12.6 Å². The molecule has 0 radical (unpaired) electrons. The molecule has 0 spiro atoms. The van der Waals surface area contributed by atoms with E-state index in [1.807, 2.05) is 24.3 Å². The largest absolute Gasteiger partial charge is 0.352 e. The van der Waals surface area contributed by atoms with Gasteiger partial charge in [-0.3, -0.25) is 4.79 Å². The van der Waals surface area contributed by atoms with Gasteiger partial charge in [0.1, 0.15) is 0 Å². The summed E-state index contributed by atoms with van der Waals surface area (Å²) in [6.07, 6.45) is 1.87. The highest BCUT2D eigenvalue weighted by molar-refractivity contribution is 9.10. The lowest BCUT2D eigenvalue weighted by Crippen LogP contribution is -2.42. The maximum atomic E-state index is 12.1. The highest BCUT2D eigenvalue weighted by Gasteiger charge is 2.24. The Hall–Kier alpha value is -0.580. The fourth-order valence-electron chi connectivity index (χ4n) is 2.34. The van der Waals surface area contributed by atoms with Crippen molar-refractivity contribution in [2.24, 2.45) is 5.92 Å². The molecule has 1 aliphatic heterocycles. The second kappa shape index (κ2) is 7.88. The Morgan fingerprint density at radius 1 is 1.47 bits per heavy atom. The molecule has 3 nitrogen and oxygen atoms in total. The van der Waals surface area contributed by atoms with E-state index in [1.54, 1.807) is 0 Å². The lowest BCUT2D eigenvalue weighted by Gasteiger charge is -2.27. The average molecular weight is 348 g/mol. The SMILES string of the molecule is C[C@H]1C[C@@H](C(=O)NCc2ccccc2Br)CCN1.Cl. The van der Waals surface area contributed by atoms with Crippen molar-refractivity contribution < 1.29 is 4.79 Å². The predicted octanol–water partition coefficient (Wildman–Crippen LogP) is 2.88. The lowest BCUT2D eigenvalue weighted by atomic mass is 9.92.